The van der Waals surface area contributed by atoms with Gasteiger partial charge in [-0.1, -0.05) is 18.2 Å². The Morgan fingerprint density at radius 1 is 1.08 bits per heavy atom. The Balaban J connectivity index is 1.64. The largest absolute Gasteiger partial charge is 0.347 e. The Labute approximate surface area is 144 Å². The minimum atomic E-state index is -0.319. The van der Waals surface area contributed by atoms with Crippen LogP contribution in [0.1, 0.15) is 21.6 Å². The number of benzene rings is 1. The molecule has 3 aromatic rings. The first-order valence-electron chi connectivity index (χ1n) is 7.51. The highest BCUT2D eigenvalue weighted by molar-refractivity contribution is 5.92. The van der Waals surface area contributed by atoms with Crippen LogP contribution >= 0.6 is 0 Å². The lowest BCUT2D eigenvalue weighted by Gasteiger charge is -2.08. The molecule has 2 heterocycles. The van der Waals surface area contributed by atoms with E-state index >= 15 is 0 Å². The highest BCUT2D eigenvalue weighted by Gasteiger charge is 2.08. The third-order valence-electron chi connectivity index (χ3n) is 3.37. The van der Waals surface area contributed by atoms with Gasteiger partial charge in [0.05, 0.1) is 23.6 Å². The second kappa shape index (κ2) is 7.66. The molecule has 2 aromatic heterocycles. The van der Waals surface area contributed by atoms with Crippen molar-refractivity contribution in [3.63, 3.8) is 0 Å². The molecule has 0 aliphatic rings. The Morgan fingerprint density at radius 3 is 2.68 bits per heavy atom. The number of anilines is 2. The van der Waals surface area contributed by atoms with Crippen molar-refractivity contribution in [3.8, 4) is 6.07 Å². The summed E-state index contributed by atoms with van der Waals surface area (Å²) < 4.78 is 0. The summed E-state index contributed by atoms with van der Waals surface area (Å²) in [4.78, 5) is 24.4. The smallest absolute Gasteiger partial charge is 0.271 e. The molecule has 25 heavy (non-hydrogen) atoms. The molecule has 0 fully saturated rings. The van der Waals surface area contributed by atoms with Gasteiger partial charge in [0.2, 0.25) is 0 Å². The first-order chi connectivity index (χ1) is 12.3. The van der Waals surface area contributed by atoms with E-state index in [-0.39, 0.29) is 11.6 Å². The Kier molecular flexibility index (Phi) is 4.93. The zero-order valence-electron chi connectivity index (χ0n) is 13.2. The molecule has 122 valence electrons. The topological polar surface area (TPSA) is 104 Å². The van der Waals surface area contributed by atoms with Gasteiger partial charge in [-0.2, -0.15) is 5.26 Å². The maximum atomic E-state index is 12.1. The number of nitrogens with one attached hydrogen (secondary N) is 2. The summed E-state index contributed by atoms with van der Waals surface area (Å²) in [6.45, 7) is 0.365. The summed E-state index contributed by atoms with van der Waals surface area (Å²) in [5.41, 5.74) is 2.24. The number of aromatic nitrogens is 3. The standard InChI is InChI=1S/C18H14N6O/c19-8-14-5-1-2-6-15(14)24-17-12-21-16(11-22-17)18(25)23-10-13-4-3-7-20-9-13/h1-7,9,11-12H,10H2,(H,22,24)(H,23,25). The van der Waals surface area contributed by atoms with Gasteiger partial charge in [-0.3, -0.25) is 9.78 Å². The first-order valence-corrected chi connectivity index (χ1v) is 7.51. The van der Waals surface area contributed by atoms with Crippen LogP contribution in [0.25, 0.3) is 0 Å². The lowest BCUT2D eigenvalue weighted by atomic mass is 10.2. The first kappa shape index (κ1) is 16.1. The van der Waals surface area contributed by atoms with Gasteiger partial charge < -0.3 is 10.6 Å². The number of hydrogen-bond acceptors (Lipinski definition) is 6. The number of hydrogen-bond donors (Lipinski definition) is 2. The highest BCUT2D eigenvalue weighted by Crippen LogP contribution is 2.18. The van der Waals surface area contributed by atoms with Gasteiger partial charge in [-0.05, 0) is 23.8 Å². The van der Waals surface area contributed by atoms with Crippen molar-refractivity contribution in [2.45, 2.75) is 6.54 Å². The molecule has 0 radical (unpaired) electrons. The van der Waals surface area contributed by atoms with Crippen LogP contribution in [0.3, 0.4) is 0 Å². The quantitative estimate of drug-likeness (QED) is 0.744. The van der Waals surface area contributed by atoms with Gasteiger partial charge in [-0.25, -0.2) is 9.97 Å². The van der Waals surface area contributed by atoms with Crippen molar-refractivity contribution in [3.05, 3.63) is 78.0 Å². The summed E-state index contributed by atoms with van der Waals surface area (Å²) in [5.74, 6) is 0.131. The van der Waals surface area contributed by atoms with Crippen LogP contribution in [0.4, 0.5) is 11.5 Å². The summed E-state index contributed by atoms with van der Waals surface area (Å²) >= 11 is 0. The number of rotatable bonds is 5. The molecule has 0 spiro atoms. The molecule has 1 aromatic carbocycles. The predicted octanol–water partition coefficient (Wildman–Crippen LogP) is 2.42. The fourth-order valence-electron chi connectivity index (χ4n) is 2.11. The van der Waals surface area contributed by atoms with Crippen LogP contribution in [0.15, 0.2) is 61.2 Å². The van der Waals surface area contributed by atoms with Crippen molar-refractivity contribution in [1.29, 1.82) is 5.26 Å². The Bertz CT molecular complexity index is 903. The van der Waals surface area contributed by atoms with Crippen molar-refractivity contribution in [2.24, 2.45) is 0 Å². The van der Waals surface area contributed by atoms with E-state index in [2.05, 4.69) is 31.7 Å². The summed E-state index contributed by atoms with van der Waals surface area (Å²) in [7, 11) is 0. The number of nitriles is 1. The van der Waals surface area contributed by atoms with Crippen molar-refractivity contribution < 1.29 is 4.79 Å². The van der Waals surface area contributed by atoms with E-state index in [4.69, 9.17) is 5.26 Å². The van der Waals surface area contributed by atoms with Crippen LogP contribution in [-0.4, -0.2) is 20.9 Å². The van der Waals surface area contributed by atoms with Crippen molar-refractivity contribution in [1.82, 2.24) is 20.3 Å². The normalized spacial score (nSPS) is 9.88. The zero-order valence-corrected chi connectivity index (χ0v) is 13.2. The van der Waals surface area contributed by atoms with E-state index in [9.17, 15) is 4.79 Å². The molecule has 0 bridgehead atoms. The number of amides is 1. The molecule has 0 atom stereocenters. The Morgan fingerprint density at radius 2 is 1.96 bits per heavy atom. The van der Waals surface area contributed by atoms with Gasteiger partial charge in [0, 0.05) is 18.9 Å². The maximum Gasteiger partial charge on any atom is 0.271 e. The van der Waals surface area contributed by atoms with Gasteiger partial charge in [0.25, 0.3) is 5.91 Å². The molecule has 0 aliphatic heterocycles. The van der Waals surface area contributed by atoms with Crippen molar-refractivity contribution >= 4 is 17.4 Å². The maximum absolute atomic E-state index is 12.1. The molecule has 3 rings (SSSR count). The molecule has 7 nitrogen and oxygen atoms in total. The highest BCUT2D eigenvalue weighted by atomic mass is 16.1. The third-order valence-corrected chi connectivity index (χ3v) is 3.37. The van der Waals surface area contributed by atoms with E-state index < -0.39 is 0 Å². The molecular weight excluding hydrogens is 316 g/mol. The molecule has 0 saturated heterocycles. The van der Waals surface area contributed by atoms with Crippen LogP contribution < -0.4 is 10.6 Å². The van der Waals surface area contributed by atoms with E-state index in [1.165, 1.54) is 12.4 Å². The molecule has 0 unspecified atom stereocenters. The van der Waals surface area contributed by atoms with Crippen molar-refractivity contribution in [2.75, 3.05) is 5.32 Å². The van der Waals surface area contributed by atoms with Gasteiger partial charge in [0.1, 0.15) is 17.6 Å². The van der Waals surface area contributed by atoms with Gasteiger partial charge >= 0.3 is 0 Å². The summed E-state index contributed by atoms with van der Waals surface area (Å²) in [5, 5.41) is 14.9. The SMILES string of the molecule is N#Cc1ccccc1Nc1cnc(C(=O)NCc2cccnc2)cn1. The molecule has 7 heteroatoms. The van der Waals surface area contributed by atoms with Crippen LogP contribution in [0, 0.1) is 11.3 Å². The molecule has 2 N–H and O–H groups in total. The molecule has 1 amide bonds. The van der Waals surface area contributed by atoms with Crippen LogP contribution in [0.2, 0.25) is 0 Å². The van der Waals surface area contributed by atoms with E-state index in [1.807, 2.05) is 12.1 Å². The van der Waals surface area contributed by atoms with E-state index in [0.717, 1.165) is 5.56 Å². The summed E-state index contributed by atoms with van der Waals surface area (Å²) in [6, 6.07) is 12.9. The van der Waals surface area contributed by atoms with Gasteiger partial charge in [-0.15, -0.1) is 0 Å². The molecule has 0 saturated carbocycles. The predicted molar refractivity (Wildman–Crippen MR) is 91.9 cm³/mol. The number of nitrogens with zero attached hydrogens (tertiary/aromatic N) is 4. The zero-order chi connectivity index (χ0) is 17.5. The number of carbonyl (C=O) groups is 1. The minimum Gasteiger partial charge on any atom is -0.347 e. The van der Waals surface area contributed by atoms with E-state index in [0.29, 0.717) is 23.6 Å². The summed E-state index contributed by atoms with van der Waals surface area (Å²) in [6.07, 6.45) is 6.20. The number of para-hydroxylation sites is 1. The second-order valence-electron chi connectivity index (χ2n) is 5.11. The average Bonchev–Trinajstić information content (AvgIpc) is 2.68. The van der Waals surface area contributed by atoms with Gasteiger partial charge in [0.15, 0.2) is 0 Å². The van der Waals surface area contributed by atoms with E-state index in [1.54, 1.807) is 36.7 Å². The number of pyridine rings is 1. The lowest BCUT2D eigenvalue weighted by molar-refractivity contribution is 0.0945. The molecule has 0 aliphatic carbocycles. The minimum absolute atomic E-state index is 0.211. The molecular formula is C18H14N6O. The van der Waals surface area contributed by atoms with Crippen LogP contribution in [-0.2, 0) is 6.54 Å². The fraction of sp³-hybridized carbons (Fsp3) is 0.0556. The number of carbonyl (C=O) groups excluding carboxylic acids is 1. The fourth-order valence-corrected chi connectivity index (χ4v) is 2.11. The second-order valence-corrected chi connectivity index (χ2v) is 5.11. The average molecular weight is 330 g/mol. The third kappa shape index (κ3) is 4.14. The van der Waals surface area contributed by atoms with Crippen LogP contribution in [0.5, 0.6) is 0 Å². The lowest BCUT2D eigenvalue weighted by Crippen LogP contribution is -2.24. The monoisotopic (exact) mass is 330 g/mol. The Hall–Kier alpha value is -3.79.